The second-order valence-electron chi connectivity index (χ2n) is 7.55. The van der Waals surface area contributed by atoms with Gasteiger partial charge in [-0.05, 0) is 71.9 Å². The quantitative estimate of drug-likeness (QED) is 0.459. The van der Waals surface area contributed by atoms with Gasteiger partial charge in [0.25, 0.3) is 5.91 Å². The Bertz CT molecular complexity index is 906. The number of nitrogens with one attached hydrogen (secondary N) is 1. The Labute approximate surface area is 198 Å². The minimum Gasteiger partial charge on any atom is -0.483 e. The van der Waals surface area contributed by atoms with Gasteiger partial charge in [-0.25, -0.2) is 0 Å². The number of ether oxygens (including phenoxy) is 1. The molecule has 168 valence electrons. The number of amides is 2. The Morgan fingerprint density at radius 3 is 2.48 bits per heavy atom. The van der Waals surface area contributed by atoms with E-state index in [2.05, 4.69) is 21.2 Å². The third-order valence-electron chi connectivity index (χ3n) is 5.23. The lowest BCUT2D eigenvalue weighted by Crippen LogP contribution is -2.51. The molecule has 1 N–H and O–H groups in total. The summed E-state index contributed by atoms with van der Waals surface area (Å²) >= 11 is 9.38. The summed E-state index contributed by atoms with van der Waals surface area (Å²) in [6, 6.07) is 12.4. The largest absolute Gasteiger partial charge is 0.483 e. The van der Waals surface area contributed by atoms with E-state index in [1.54, 1.807) is 23.1 Å². The van der Waals surface area contributed by atoms with E-state index in [0.717, 1.165) is 17.5 Å². The highest BCUT2D eigenvalue weighted by molar-refractivity contribution is 9.10. The summed E-state index contributed by atoms with van der Waals surface area (Å²) in [5, 5.41) is 3.58. The smallest absolute Gasteiger partial charge is 0.261 e. The van der Waals surface area contributed by atoms with Gasteiger partial charge in [0.2, 0.25) is 5.91 Å². The summed E-state index contributed by atoms with van der Waals surface area (Å²) in [5.74, 6) is 0.119. The molecule has 0 aliphatic rings. The molecular formula is C24H30BrClN2O3. The maximum absolute atomic E-state index is 13.3. The molecule has 31 heavy (non-hydrogen) atoms. The summed E-state index contributed by atoms with van der Waals surface area (Å²) in [4.78, 5) is 27.8. The molecule has 5 nitrogen and oxygen atoms in total. The van der Waals surface area contributed by atoms with Crippen molar-refractivity contribution in [2.75, 3.05) is 6.61 Å². The zero-order chi connectivity index (χ0) is 23.0. The van der Waals surface area contributed by atoms with Gasteiger partial charge in [0, 0.05) is 17.6 Å². The number of hydrogen-bond acceptors (Lipinski definition) is 3. The number of halogens is 2. The summed E-state index contributed by atoms with van der Waals surface area (Å²) in [7, 11) is 0. The van der Waals surface area contributed by atoms with Crippen LogP contribution in [-0.4, -0.2) is 35.4 Å². The van der Waals surface area contributed by atoms with Crippen molar-refractivity contribution in [3.63, 3.8) is 0 Å². The van der Waals surface area contributed by atoms with Crippen LogP contribution in [-0.2, 0) is 16.1 Å². The summed E-state index contributed by atoms with van der Waals surface area (Å²) in [6.07, 6.45) is 1.33. The third-order valence-corrected chi connectivity index (χ3v) is 6.09. The topological polar surface area (TPSA) is 58.6 Å². The molecule has 2 aromatic rings. The first-order chi connectivity index (χ1) is 14.8. The van der Waals surface area contributed by atoms with Gasteiger partial charge in [0.1, 0.15) is 11.8 Å². The predicted molar refractivity (Wildman–Crippen MR) is 128 cm³/mol. The molecule has 0 aliphatic heterocycles. The number of aryl methyl sites for hydroxylation is 1. The molecule has 0 bridgehead atoms. The highest BCUT2D eigenvalue weighted by atomic mass is 79.9. The maximum atomic E-state index is 13.3. The minimum atomic E-state index is -0.585. The first-order valence-corrected chi connectivity index (χ1v) is 11.7. The average Bonchev–Trinajstić information content (AvgIpc) is 2.74. The van der Waals surface area contributed by atoms with Crippen molar-refractivity contribution in [1.29, 1.82) is 0 Å². The van der Waals surface area contributed by atoms with E-state index in [1.165, 1.54) is 0 Å². The van der Waals surface area contributed by atoms with Crippen LogP contribution >= 0.6 is 27.5 Å². The lowest BCUT2D eigenvalue weighted by molar-refractivity contribution is -0.143. The van der Waals surface area contributed by atoms with E-state index in [4.69, 9.17) is 16.3 Å². The minimum absolute atomic E-state index is 0.0400. The number of hydrogen-bond donors (Lipinski definition) is 1. The molecule has 0 aromatic heterocycles. The molecule has 2 aromatic carbocycles. The molecule has 0 saturated carbocycles. The molecule has 0 unspecified atom stereocenters. The highest BCUT2D eigenvalue weighted by Crippen LogP contribution is 2.28. The first kappa shape index (κ1) is 25.2. The van der Waals surface area contributed by atoms with Crippen LogP contribution in [0.5, 0.6) is 5.75 Å². The third kappa shape index (κ3) is 7.25. The second-order valence-corrected chi connectivity index (χ2v) is 8.84. The van der Waals surface area contributed by atoms with E-state index in [0.29, 0.717) is 28.2 Å². The van der Waals surface area contributed by atoms with Crippen LogP contribution in [0.2, 0.25) is 5.02 Å². The van der Waals surface area contributed by atoms with E-state index in [1.807, 2.05) is 52.0 Å². The van der Waals surface area contributed by atoms with E-state index in [9.17, 15) is 9.59 Å². The lowest BCUT2D eigenvalue weighted by atomic mass is 10.1. The number of carbonyl (C=O) groups excluding carboxylic acids is 2. The van der Waals surface area contributed by atoms with Gasteiger partial charge in [0.05, 0.1) is 4.47 Å². The Kier molecular flexibility index (Phi) is 9.85. The molecule has 0 heterocycles. The van der Waals surface area contributed by atoms with Crippen LogP contribution in [0.1, 0.15) is 44.7 Å². The van der Waals surface area contributed by atoms with E-state index < -0.39 is 6.04 Å². The van der Waals surface area contributed by atoms with Crippen molar-refractivity contribution in [2.24, 2.45) is 0 Å². The Morgan fingerprint density at radius 1 is 1.16 bits per heavy atom. The van der Waals surface area contributed by atoms with Gasteiger partial charge in [-0.15, -0.1) is 0 Å². The van der Waals surface area contributed by atoms with Gasteiger partial charge in [-0.2, -0.15) is 0 Å². The van der Waals surface area contributed by atoms with Gasteiger partial charge < -0.3 is 15.0 Å². The molecule has 0 fully saturated rings. The van der Waals surface area contributed by atoms with Crippen LogP contribution in [0.3, 0.4) is 0 Å². The molecule has 2 atom stereocenters. The number of nitrogens with zero attached hydrogens (tertiary/aromatic N) is 1. The van der Waals surface area contributed by atoms with E-state index in [-0.39, 0.29) is 24.5 Å². The fourth-order valence-electron chi connectivity index (χ4n) is 3.15. The zero-order valence-corrected chi connectivity index (χ0v) is 20.8. The Balaban J connectivity index is 2.25. The Morgan fingerprint density at radius 2 is 1.87 bits per heavy atom. The van der Waals surface area contributed by atoms with Crippen LogP contribution < -0.4 is 10.1 Å². The maximum Gasteiger partial charge on any atom is 0.261 e. The summed E-state index contributed by atoms with van der Waals surface area (Å²) in [5.41, 5.74) is 2.07. The molecule has 0 radical (unpaired) electrons. The van der Waals surface area contributed by atoms with Gasteiger partial charge in [-0.3, -0.25) is 9.59 Å². The van der Waals surface area contributed by atoms with Gasteiger partial charge >= 0.3 is 0 Å². The van der Waals surface area contributed by atoms with Crippen molar-refractivity contribution < 1.29 is 14.3 Å². The van der Waals surface area contributed by atoms with Crippen LogP contribution in [0.25, 0.3) is 0 Å². The number of benzene rings is 2. The predicted octanol–water partition coefficient (Wildman–Crippen LogP) is 5.51. The molecule has 2 rings (SSSR count). The number of rotatable bonds is 10. The average molecular weight is 510 g/mol. The Hall–Kier alpha value is -2.05. The SMILES string of the molecule is CC[C@H](C(=O)N[C@@H](C)CC)N(Cc1ccccc1C)C(=O)COc1ccc(Cl)cc1Br. The van der Waals surface area contributed by atoms with Crippen LogP contribution in [0, 0.1) is 6.92 Å². The van der Waals surface area contributed by atoms with Crippen molar-refractivity contribution in [3.8, 4) is 5.75 Å². The molecule has 0 spiro atoms. The highest BCUT2D eigenvalue weighted by Gasteiger charge is 2.29. The van der Waals surface area contributed by atoms with Crippen molar-refractivity contribution in [2.45, 2.75) is 59.2 Å². The normalized spacial score (nSPS) is 12.7. The molecular weight excluding hydrogens is 480 g/mol. The van der Waals surface area contributed by atoms with Crippen molar-refractivity contribution in [1.82, 2.24) is 10.2 Å². The van der Waals surface area contributed by atoms with Crippen LogP contribution in [0.4, 0.5) is 0 Å². The lowest BCUT2D eigenvalue weighted by Gasteiger charge is -2.31. The van der Waals surface area contributed by atoms with Crippen LogP contribution in [0.15, 0.2) is 46.9 Å². The number of carbonyl (C=O) groups is 2. The van der Waals surface area contributed by atoms with Crippen molar-refractivity contribution in [3.05, 3.63) is 63.1 Å². The molecule has 0 saturated heterocycles. The summed E-state index contributed by atoms with van der Waals surface area (Å²) in [6.45, 7) is 8.04. The molecule has 2 amide bonds. The van der Waals surface area contributed by atoms with E-state index >= 15 is 0 Å². The summed E-state index contributed by atoms with van der Waals surface area (Å²) < 4.78 is 6.42. The van der Waals surface area contributed by atoms with Gasteiger partial charge in [0.15, 0.2) is 6.61 Å². The van der Waals surface area contributed by atoms with Crippen molar-refractivity contribution >= 4 is 39.3 Å². The van der Waals surface area contributed by atoms with Gasteiger partial charge in [-0.1, -0.05) is 49.7 Å². The molecule has 0 aliphatic carbocycles. The first-order valence-electron chi connectivity index (χ1n) is 10.5. The zero-order valence-electron chi connectivity index (χ0n) is 18.5. The fourth-order valence-corrected chi connectivity index (χ4v) is 3.94. The second kappa shape index (κ2) is 12.1. The monoisotopic (exact) mass is 508 g/mol. The molecule has 7 heteroatoms. The fraction of sp³-hybridized carbons (Fsp3) is 0.417. The standard InChI is InChI=1S/C24H30BrClN2O3/c1-5-17(4)27-24(30)21(6-2)28(14-18-10-8-7-9-16(18)3)23(29)15-31-22-12-11-19(26)13-20(22)25/h7-13,17,21H,5-6,14-15H2,1-4H3,(H,27,30)/t17-,21+/m0/s1.